The summed E-state index contributed by atoms with van der Waals surface area (Å²) >= 11 is 6.01. The van der Waals surface area contributed by atoms with E-state index in [0.29, 0.717) is 18.1 Å². The van der Waals surface area contributed by atoms with Crippen molar-refractivity contribution in [1.82, 2.24) is 9.78 Å². The summed E-state index contributed by atoms with van der Waals surface area (Å²) in [5, 5.41) is 7.46. The van der Waals surface area contributed by atoms with Gasteiger partial charge in [-0.1, -0.05) is 29.8 Å². The summed E-state index contributed by atoms with van der Waals surface area (Å²) in [7, 11) is 0. The molecule has 6 heteroatoms. The van der Waals surface area contributed by atoms with Crippen LogP contribution in [0.15, 0.2) is 36.4 Å². The minimum Gasteiger partial charge on any atom is -0.354 e. The van der Waals surface area contributed by atoms with E-state index in [-0.39, 0.29) is 12.8 Å². The standard InChI is InChI=1S/C20H20ClF2N3/c21-15-7-9-16(10-8-15)26-18-6-4-2-1-3-5-17(18)19(24-26)25-13-11-20(22,23)12-14-25/h1,3,5-10H,2,4,11-14H2/b3-1-,17-5+,18-6+. The summed E-state index contributed by atoms with van der Waals surface area (Å²) in [5.41, 5.74) is 0.911. The molecule has 1 fully saturated rings. The molecule has 0 saturated carbocycles. The molecule has 1 aliphatic heterocycles. The summed E-state index contributed by atoms with van der Waals surface area (Å²) in [6, 6.07) is 7.51. The summed E-state index contributed by atoms with van der Waals surface area (Å²) in [5.74, 6) is -1.80. The number of halogens is 3. The first-order valence-corrected chi connectivity index (χ1v) is 9.26. The van der Waals surface area contributed by atoms with Gasteiger partial charge < -0.3 is 4.90 Å². The van der Waals surface area contributed by atoms with Gasteiger partial charge in [0, 0.05) is 36.2 Å². The van der Waals surface area contributed by atoms with Crippen LogP contribution in [0.1, 0.15) is 25.7 Å². The molecule has 0 amide bonds. The van der Waals surface area contributed by atoms with E-state index in [0.717, 1.165) is 34.9 Å². The number of piperidine rings is 1. The van der Waals surface area contributed by atoms with Gasteiger partial charge in [-0.15, -0.1) is 5.10 Å². The third-order valence-corrected chi connectivity index (χ3v) is 5.13. The van der Waals surface area contributed by atoms with Gasteiger partial charge in [0.2, 0.25) is 0 Å². The summed E-state index contributed by atoms with van der Waals surface area (Å²) in [6.45, 7) is 0.628. The Morgan fingerprint density at radius 2 is 1.77 bits per heavy atom. The average Bonchev–Trinajstić information content (AvgIpc) is 2.93. The molecule has 4 rings (SSSR count). The van der Waals surface area contributed by atoms with E-state index in [1.165, 1.54) is 0 Å². The van der Waals surface area contributed by atoms with Gasteiger partial charge in [-0.3, -0.25) is 0 Å². The van der Waals surface area contributed by atoms with E-state index in [4.69, 9.17) is 16.7 Å². The van der Waals surface area contributed by atoms with Crippen LogP contribution in [-0.4, -0.2) is 28.8 Å². The van der Waals surface area contributed by atoms with Gasteiger partial charge in [-0.25, -0.2) is 13.5 Å². The van der Waals surface area contributed by atoms with Gasteiger partial charge in [0.15, 0.2) is 5.82 Å². The molecule has 2 heterocycles. The summed E-state index contributed by atoms with van der Waals surface area (Å²) in [6.07, 6.45) is 9.96. The highest BCUT2D eigenvalue weighted by Gasteiger charge is 2.35. The number of rotatable bonds is 2. The van der Waals surface area contributed by atoms with Crippen molar-refractivity contribution in [1.29, 1.82) is 0 Å². The first kappa shape index (κ1) is 17.3. The van der Waals surface area contributed by atoms with Crippen molar-refractivity contribution in [2.24, 2.45) is 0 Å². The summed E-state index contributed by atoms with van der Waals surface area (Å²) < 4.78 is 29.0. The fourth-order valence-electron chi connectivity index (χ4n) is 3.42. The van der Waals surface area contributed by atoms with Crippen molar-refractivity contribution in [3.8, 4) is 5.69 Å². The van der Waals surface area contributed by atoms with Crippen LogP contribution in [0.2, 0.25) is 5.02 Å². The fraction of sp³-hybridized carbons (Fsp3) is 0.350. The van der Waals surface area contributed by atoms with Gasteiger partial charge in [0.05, 0.1) is 11.0 Å². The number of fused-ring (bicyclic) bond motifs is 1. The Morgan fingerprint density at radius 3 is 2.50 bits per heavy atom. The van der Waals surface area contributed by atoms with E-state index < -0.39 is 5.92 Å². The first-order chi connectivity index (χ1) is 12.5. The first-order valence-electron chi connectivity index (χ1n) is 8.88. The Morgan fingerprint density at radius 1 is 1.04 bits per heavy atom. The van der Waals surface area contributed by atoms with Crippen LogP contribution in [0, 0.1) is 0 Å². The van der Waals surface area contributed by atoms with Crippen LogP contribution in [0.25, 0.3) is 17.8 Å². The molecular formula is C20H20ClF2N3. The smallest absolute Gasteiger partial charge is 0.251 e. The third kappa shape index (κ3) is 3.40. The van der Waals surface area contributed by atoms with E-state index in [1.54, 1.807) is 0 Å². The number of aromatic nitrogens is 2. The molecule has 3 nitrogen and oxygen atoms in total. The maximum Gasteiger partial charge on any atom is 0.251 e. The van der Waals surface area contributed by atoms with E-state index in [2.05, 4.69) is 12.2 Å². The molecule has 136 valence electrons. The summed E-state index contributed by atoms with van der Waals surface area (Å²) in [4.78, 5) is 1.97. The molecule has 2 aromatic rings. The minimum atomic E-state index is -2.57. The largest absolute Gasteiger partial charge is 0.354 e. The second kappa shape index (κ2) is 6.88. The Labute approximate surface area is 155 Å². The number of hydrogen-bond acceptors (Lipinski definition) is 2. The number of anilines is 1. The highest BCUT2D eigenvalue weighted by molar-refractivity contribution is 6.30. The van der Waals surface area contributed by atoms with E-state index in [1.807, 2.05) is 46.0 Å². The van der Waals surface area contributed by atoms with Gasteiger partial charge in [-0.05, 0) is 43.2 Å². The number of nitrogens with zero attached hydrogens (tertiary/aromatic N) is 3. The second-order valence-electron chi connectivity index (χ2n) is 6.73. The average molecular weight is 376 g/mol. The van der Waals surface area contributed by atoms with Crippen LogP contribution in [0.3, 0.4) is 0 Å². The molecule has 0 spiro atoms. The van der Waals surface area contributed by atoms with Gasteiger partial charge in [0.25, 0.3) is 5.92 Å². The zero-order chi connectivity index (χ0) is 18.1. The maximum absolute atomic E-state index is 13.6. The van der Waals surface area contributed by atoms with Crippen LogP contribution in [0.4, 0.5) is 14.6 Å². The third-order valence-electron chi connectivity index (χ3n) is 4.88. The Kier molecular flexibility index (Phi) is 4.57. The van der Waals surface area contributed by atoms with Crippen molar-refractivity contribution in [2.75, 3.05) is 18.0 Å². The predicted molar refractivity (Wildman–Crippen MR) is 102 cm³/mol. The second-order valence-corrected chi connectivity index (χ2v) is 7.17. The van der Waals surface area contributed by atoms with Crippen molar-refractivity contribution in [3.05, 3.63) is 52.0 Å². The zero-order valence-corrected chi connectivity index (χ0v) is 15.1. The molecule has 1 saturated heterocycles. The molecule has 26 heavy (non-hydrogen) atoms. The van der Waals surface area contributed by atoms with Crippen molar-refractivity contribution < 1.29 is 8.78 Å². The molecule has 0 N–H and O–H groups in total. The highest BCUT2D eigenvalue weighted by Crippen LogP contribution is 2.29. The van der Waals surface area contributed by atoms with Crippen LogP contribution >= 0.6 is 11.6 Å². The number of alkyl halides is 2. The molecule has 0 unspecified atom stereocenters. The van der Waals surface area contributed by atoms with Crippen molar-refractivity contribution >= 4 is 29.6 Å². The van der Waals surface area contributed by atoms with Gasteiger partial charge in [-0.2, -0.15) is 0 Å². The molecule has 0 atom stereocenters. The molecule has 0 radical (unpaired) electrons. The van der Waals surface area contributed by atoms with Gasteiger partial charge in [0.1, 0.15) is 0 Å². The lowest BCUT2D eigenvalue weighted by Gasteiger charge is -2.31. The van der Waals surface area contributed by atoms with Crippen molar-refractivity contribution in [2.45, 2.75) is 31.6 Å². The quantitative estimate of drug-likeness (QED) is 0.798. The highest BCUT2D eigenvalue weighted by atomic mass is 35.5. The topological polar surface area (TPSA) is 21.1 Å². The molecule has 1 aromatic heterocycles. The molecule has 0 bridgehead atoms. The van der Waals surface area contributed by atoms with Crippen LogP contribution in [0.5, 0.6) is 0 Å². The Hall–Kier alpha value is -2.14. The molecular weight excluding hydrogens is 356 g/mol. The number of benzene rings is 1. The monoisotopic (exact) mass is 375 g/mol. The van der Waals surface area contributed by atoms with Crippen molar-refractivity contribution in [3.63, 3.8) is 0 Å². The lowest BCUT2D eigenvalue weighted by molar-refractivity contribution is -0.0221. The van der Waals surface area contributed by atoms with E-state index >= 15 is 0 Å². The van der Waals surface area contributed by atoms with Gasteiger partial charge >= 0.3 is 0 Å². The Bertz CT molecular complexity index is 935. The minimum absolute atomic E-state index is 0.130. The molecule has 2 aliphatic rings. The molecule has 1 aliphatic carbocycles. The lowest BCUT2D eigenvalue weighted by Crippen LogP contribution is -2.42. The fourth-order valence-corrected chi connectivity index (χ4v) is 3.55. The van der Waals surface area contributed by atoms with E-state index in [9.17, 15) is 8.78 Å². The Balaban J connectivity index is 1.84. The SMILES string of the molecule is FC1(F)CCN(c2nn(-c3ccc(Cl)cc3)c3/c2=C\C=C/CC\C=3)CC1. The van der Waals surface area contributed by atoms with Crippen LogP contribution in [-0.2, 0) is 0 Å². The number of allylic oxidation sites excluding steroid dienone is 2. The zero-order valence-electron chi connectivity index (χ0n) is 14.3. The maximum atomic E-state index is 13.6. The van der Waals surface area contributed by atoms with Crippen LogP contribution < -0.4 is 15.5 Å². The lowest BCUT2D eigenvalue weighted by atomic mass is 10.1. The predicted octanol–water partition coefficient (Wildman–Crippen LogP) is 3.67. The normalized spacial score (nSPS) is 23.0. The number of hydrogen-bond donors (Lipinski definition) is 0. The molecule has 1 aromatic carbocycles.